The van der Waals surface area contributed by atoms with Crippen molar-refractivity contribution in [2.24, 2.45) is 0 Å². The third-order valence-corrected chi connectivity index (χ3v) is 2.58. The van der Waals surface area contributed by atoms with Crippen molar-refractivity contribution in [2.45, 2.75) is 19.9 Å². The quantitative estimate of drug-likeness (QED) is 0.787. The van der Waals surface area contributed by atoms with Crippen LogP contribution >= 0.6 is 0 Å². The van der Waals surface area contributed by atoms with E-state index in [9.17, 15) is 9.59 Å². The molecule has 0 spiro atoms. The maximum absolute atomic E-state index is 11.0. The molecule has 0 aromatic heterocycles. The number of ether oxygens (including phenoxy) is 1. The van der Waals surface area contributed by atoms with Gasteiger partial charge in [-0.3, -0.25) is 4.79 Å². The summed E-state index contributed by atoms with van der Waals surface area (Å²) in [7, 11) is 1.53. The average Bonchev–Trinajstić information content (AvgIpc) is 2.31. The number of aryl methyl sites for hydroxylation is 1. The van der Waals surface area contributed by atoms with Crippen LogP contribution in [0.2, 0.25) is 0 Å². The fourth-order valence-electron chi connectivity index (χ4n) is 1.46. The van der Waals surface area contributed by atoms with Crippen molar-refractivity contribution >= 4 is 18.1 Å². The average molecular weight is 237 g/mol. The van der Waals surface area contributed by atoms with Crippen molar-refractivity contribution in [1.82, 2.24) is 0 Å². The number of methoxy groups -OCH3 is 1. The summed E-state index contributed by atoms with van der Waals surface area (Å²) in [4.78, 5) is 23.0. The first-order valence-corrected chi connectivity index (χ1v) is 5.12. The maximum Gasteiger partial charge on any atom is 0.326 e. The largest absolute Gasteiger partial charge is 0.496 e. The Morgan fingerprint density at radius 3 is 2.65 bits per heavy atom. The maximum atomic E-state index is 11.0. The standard InChI is InChI=1S/C12H15NO4/c1-8-4-5-10(6-11(8)17-3)13(7-14)9(2)12(15)16/h4-7,9H,1-3H3,(H,15,16). The Balaban J connectivity index is 3.12. The molecule has 0 bridgehead atoms. The molecule has 0 aliphatic heterocycles. The Morgan fingerprint density at radius 1 is 1.53 bits per heavy atom. The lowest BCUT2D eigenvalue weighted by atomic mass is 10.1. The molecule has 0 radical (unpaired) electrons. The molecular formula is C12H15NO4. The fraction of sp³-hybridized carbons (Fsp3) is 0.333. The molecule has 0 aliphatic carbocycles. The molecule has 1 atom stereocenters. The Hall–Kier alpha value is -2.04. The summed E-state index contributed by atoms with van der Waals surface area (Å²) in [5, 5.41) is 8.89. The van der Waals surface area contributed by atoms with Crippen LogP contribution in [0, 0.1) is 6.92 Å². The number of carboxylic acids is 1. The van der Waals surface area contributed by atoms with Crippen LogP contribution in [0.1, 0.15) is 12.5 Å². The van der Waals surface area contributed by atoms with Gasteiger partial charge in [-0.05, 0) is 25.5 Å². The molecule has 17 heavy (non-hydrogen) atoms. The van der Waals surface area contributed by atoms with Crippen molar-refractivity contribution < 1.29 is 19.4 Å². The van der Waals surface area contributed by atoms with E-state index in [4.69, 9.17) is 9.84 Å². The number of amides is 1. The lowest BCUT2D eigenvalue weighted by molar-refractivity contribution is -0.138. The van der Waals surface area contributed by atoms with Crippen molar-refractivity contribution in [1.29, 1.82) is 0 Å². The van der Waals surface area contributed by atoms with Gasteiger partial charge in [0.25, 0.3) is 0 Å². The SMILES string of the molecule is COc1cc(N(C=O)C(C)C(=O)O)ccc1C. The molecule has 1 N–H and O–H groups in total. The van der Waals surface area contributed by atoms with Crippen LogP contribution < -0.4 is 9.64 Å². The molecule has 1 aromatic carbocycles. The number of carbonyl (C=O) groups excluding carboxylic acids is 1. The Bertz CT molecular complexity index is 431. The number of aliphatic carboxylic acids is 1. The smallest absolute Gasteiger partial charge is 0.326 e. The van der Waals surface area contributed by atoms with Crippen molar-refractivity contribution in [3.8, 4) is 5.75 Å². The topological polar surface area (TPSA) is 66.8 Å². The van der Waals surface area contributed by atoms with E-state index in [1.54, 1.807) is 18.2 Å². The molecule has 0 heterocycles. The summed E-state index contributed by atoms with van der Waals surface area (Å²) in [6.45, 7) is 3.32. The molecule has 1 aromatic rings. The summed E-state index contributed by atoms with van der Waals surface area (Å²) in [6, 6.07) is 4.19. The molecule has 1 rings (SSSR count). The first-order valence-electron chi connectivity index (χ1n) is 5.12. The lowest BCUT2D eigenvalue weighted by Gasteiger charge is -2.22. The number of carbonyl (C=O) groups is 2. The van der Waals surface area contributed by atoms with Gasteiger partial charge < -0.3 is 14.7 Å². The highest BCUT2D eigenvalue weighted by atomic mass is 16.5. The summed E-state index contributed by atoms with van der Waals surface area (Å²) in [5.74, 6) is -0.441. The second-order valence-corrected chi connectivity index (χ2v) is 3.68. The fourth-order valence-corrected chi connectivity index (χ4v) is 1.46. The number of hydrogen-bond donors (Lipinski definition) is 1. The molecule has 0 aliphatic rings. The third kappa shape index (κ3) is 2.75. The van der Waals surface area contributed by atoms with E-state index in [-0.39, 0.29) is 0 Å². The molecule has 92 valence electrons. The van der Waals surface area contributed by atoms with Crippen LogP contribution in [0.25, 0.3) is 0 Å². The molecule has 0 saturated carbocycles. The van der Waals surface area contributed by atoms with Crippen molar-refractivity contribution in [3.63, 3.8) is 0 Å². The molecule has 5 nitrogen and oxygen atoms in total. The van der Waals surface area contributed by atoms with Gasteiger partial charge in [-0.2, -0.15) is 0 Å². The normalized spacial score (nSPS) is 11.7. The van der Waals surface area contributed by atoms with Gasteiger partial charge in [-0.25, -0.2) is 4.79 Å². The van der Waals surface area contributed by atoms with Crippen molar-refractivity contribution in [3.05, 3.63) is 23.8 Å². The van der Waals surface area contributed by atoms with Gasteiger partial charge in [-0.15, -0.1) is 0 Å². The van der Waals surface area contributed by atoms with Crippen molar-refractivity contribution in [2.75, 3.05) is 12.0 Å². The van der Waals surface area contributed by atoms with Crippen LogP contribution in [0.3, 0.4) is 0 Å². The Labute approximate surface area is 99.6 Å². The van der Waals surface area contributed by atoms with E-state index in [2.05, 4.69) is 0 Å². The van der Waals surface area contributed by atoms with Gasteiger partial charge in [-0.1, -0.05) is 6.07 Å². The van der Waals surface area contributed by atoms with Gasteiger partial charge in [0.1, 0.15) is 11.8 Å². The predicted octanol–water partition coefficient (Wildman–Crippen LogP) is 1.44. The molecular weight excluding hydrogens is 222 g/mol. The number of benzene rings is 1. The minimum Gasteiger partial charge on any atom is -0.496 e. The minimum absolute atomic E-state index is 0.498. The third-order valence-electron chi connectivity index (χ3n) is 2.58. The van der Waals surface area contributed by atoms with Crippen LogP contribution in [0.15, 0.2) is 18.2 Å². The van der Waals surface area contributed by atoms with Gasteiger partial charge >= 0.3 is 5.97 Å². The molecule has 5 heteroatoms. The van der Waals surface area contributed by atoms with Gasteiger partial charge in [0, 0.05) is 11.8 Å². The molecule has 1 unspecified atom stereocenters. The molecule has 1 amide bonds. The number of anilines is 1. The predicted molar refractivity (Wildman–Crippen MR) is 63.4 cm³/mol. The zero-order valence-corrected chi connectivity index (χ0v) is 10.0. The lowest BCUT2D eigenvalue weighted by Crippen LogP contribution is -2.38. The van der Waals surface area contributed by atoms with E-state index in [0.29, 0.717) is 17.8 Å². The first-order chi connectivity index (χ1) is 8.01. The first kappa shape index (κ1) is 13.0. The Morgan fingerprint density at radius 2 is 2.18 bits per heavy atom. The van der Waals surface area contributed by atoms with Crippen LogP contribution in [0.5, 0.6) is 5.75 Å². The van der Waals surface area contributed by atoms with E-state index < -0.39 is 12.0 Å². The summed E-state index contributed by atoms with van der Waals surface area (Å²) < 4.78 is 5.13. The highest BCUT2D eigenvalue weighted by Crippen LogP contribution is 2.25. The second kappa shape index (κ2) is 5.34. The zero-order chi connectivity index (χ0) is 13.0. The number of nitrogens with zero attached hydrogens (tertiary/aromatic N) is 1. The molecule has 0 saturated heterocycles. The van der Waals surface area contributed by atoms with Gasteiger partial charge in [0.05, 0.1) is 7.11 Å². The Kier molecular flexibility index (Phi) is 4.09. The highest BCUT2D eigenvalue weighted by molar-refractivity contribution is 5.88. The monoisotopic (exact) mass is 237 g/mol. The van der Waals surface area contributed by atoms with E-state index in [0.717, 1.165) is 10.5 Å². The number of rotatable bonds is 5. The zero-order valence-electron chi connectivity index (χ0n) is 10.0. The van der Waals surface area contributed by atoms with Crippen LogP contribution in [-0.4, -0.2) is 30.6 Å². The summed E-state index contributed by atoms with van der Waals surface area (Å²) in [5.41, 5.74) is 1.42. The molecule has 0 fully saturated rings. The van der Waals surface area contributed by atoms with Crippen LogP contribution in [0.4, 0.5) is 5.69 Å². The van der Waals surface area contributed by atoms with E-state index in [1.807, 2.05) is 6.92 Å². The van der Waals surface area contributed by atoms with E-state index >= 15 is 0 Å². The summed E-state index contributed by atoms with van der Waals surface area (Å²) >= 11 is 0. The second-order valence-electron chi connectivity index (χ2n) is 3.68. The number of carboxylic acid groups (broad SMARTS) is 1. The van der Waals surface area contributed by atoms with Crippen LogP contribution in [-0.2, 0) is 9.59 Å². The number of hydrogen-bond acceptors (Lipinski definition) is 3. The van der Waals surface area contributed by atoms with E-state index in [1.165, 1.54) is 14.0 Å². The minimum atomic E-state index is -1.06. The van der Waals surface area contributed by atoms with Gasteiger partial charge in [0.2, 0.25) is 6.41 Å². The highest BCUT2D eigenvalue weighted by Gasteiger charge is 2.21. The van der Waals surface area contributed by atoms with Gasteiger partial charge in [0.15, 0.2) is 0 Å². The summed E-state index contributed by atoms with van der Waals surface area (Å²) in [6.07, 6.45) is 0.503.